The van der Waals surface area contributed by atoms with Crippen LogP contribution in [0.15, 0.2) is 53.3 Å². The van der Waals surface area contributed by atoms with Crippen LogP contribution in [0.1, 0.15) is 63.9 Å². The van der Waals surface area contributed by atoms with Crippen LogP contribution < -0.4 is 5.56 Å². The number of unbranched alkanes of at least 4 members (excludes halogenated alkanes) is 1. The number of ether oxygens (including phenoxy) is 1. The van der Waals surface area contributed by atoms with Crippen molar-refractivity contribution < 1.29 is 9.53 Å². The molecular formula is C28H37N3O3. The zero-order valence-electron chi connectivity index (χ0n) is 21.1. The van der Waals surface area contributed by atoms with E-state index in [1.54, 1.807) is 17.7 Å². The molecule has 1 amide bonds. The third-order valence-corrected chi connectivity index (χ3v) is 6.50. The highest BCUT2D eigenvalue weighted by Crippen LogP contribution is 2.26. The summed E-state index contributed by atoms with van der Waals surface area (Å²) in [4.78, 5) is 34.1. The summed E-state index contributed by atoms with van der Waals surface area (Å²) in [7, 11) is 1.64. The summed E-state index contributed by atoms with van der Waals surface area (Å²) in [5.74, 6) is 0.597. The van der Waals surface area contributed by atoms with Crippen LogP contribution in [0.25, 0.3) is 16.6 Å². The van der Waals surface area contributed by atoms with Gasteiger partial charge in [0.15, 0.2) is 0 Å². The molecule has 34 heavy (non-hydrogen) atoms. The van der Waals surface area contributed by atoms with E-state index in [1.807, 2.05) is 61.2 Å². The summed E-state index contributed by atoms with van der Waals surface area (Å²) in [6.07, 6.45) is 3.71. The van der Waals surface area contributed by atoms with E-state index < -0.39 is 6.04 Å². The molecule has 3 aromatic rings. The van der Waals surface area contributed by atoms with Crippen molar-refractivity contribution in [2.24, 2.45) is 5.92 Å². The molecule has 0 radical (unpaired) electrons. The number of methoxy groups -OCH3 is 1. The van der Waals surface area contributed by atoms with Gasteiger partial charge in [-0.2, -0.15) is 0 Å². The van der Waals surface area contributed by atoms with Crippen LogP contribution in [0, 0.1) is 12.8 Å². The summed E-state index contributed by atoms with van der Waals surface area (Å²) >= 11 is 0. The van der Waals surface area contributed by atoms with Crippen LogP contribution in [0.2, 0.25) is 0 Å². The lowest BCUT2D eigenvalue weighted by molar-refractivity contribution is -0.139. The molecule has 2 aromatic carbocycles. The molecule has 0 bridgehead atoms. The molecule has 2 atom stereocenters. The van der Waals surface area contributed by atoms with Gasteiger partial charge in [0.2, 0.25) is 5.91 Å². The van der Waals surface area contributed by atoms with Crippen molar-refractivity contribution in [1.82, 2.24) is 14.5 Å². The van der Waals surface area contributed by atoms with E-state index in [0.29, 0.717) is 29.9 Å². The molecule has 3 rings (SSSR count). The smallest absolute Gasteiger partial charge is 0.266 e. The molecule has 1 heterocycles. The largest absolute Gasteiger partial charge is 0.383 e. The predicted molar refractivity (Wildman–Crippen MR) is 137 cm³/mol. The Balaban J connectivity index is 2.16. The van der Waals surface area contributed by atoms with E-state index in [9.17, 15) is 9.59 Å². The molecular weight excluding hydrogens is 426 g/mol. The minimum Gasteiger partial charge on any atom is -0.383 e. The number of para-hydroxylation sites is 1. The maximum atomic E-state index is 13.7. The van der Waals surface area contributed by atoms with Crippen LogP contribution in [0.5, 0.6) is 0 Å². The van der Waals surface area contributed by atoms with Crippen LogP contribution in [-0.4, -0.2) is 40.6 Å². The van der Waals surface area contributed by atoms with Gasteiger partial charge in [-0.3, -0.25) is 14.2 Å². The molecule has 6 nitrogen and oxygen atoms in total. The zero-order chi connectivity index (χ0) is 24.7. The first kappa shape index (κ1) is 25.6. The minimum atomic E-state index is -0.406. The Morgan fingerprint density at radius 1 is 1.12 bits per heavy atom. The Kier molecular flexibility index (Phi) is 8.99. The fourth-order valence-electron chi connectivity index (χ4n) is 4.38. The fraction of sp³-hybridized carbons (Fsp3) is 0.464. The summed E-state index contributed by atoms with van der Waals surface area (Å²) in [6.45, 7) is 9.04. The summed E-state index contributed by atoms with van der Waals surface area (Å²) < 4.78 is 7.00. The number of carbonyl (C=O) groups is 1. The normalized spacial score (nSPS) is 13.1. The van der Waals surface area contributed by atoms with Crippen LogP contribution in [-0.2, 0) is 9.53 Å². The minimum absolute atomic E-state index is 0.0562. The Hall–Kier alpha value is -2.99. The zero-order valence-corrected chi connectivity index (χ0v) is 21.1. The summed E-state index contributed by atoms with van der Waals surface area (Å²) in [6, 6.07) is 14.8. The third-order valence-electron chi connectivity index (χ3n) is 6.50. The van der Waals surface area contributed by atoms with Crippen LogP contribution in [0.4, 0.5) is 0 Å². The number of nitrogens with zero attached hydrogens (tertiary/aromatic N) is 3. The monoisotopic (exact) mass is 463 g/mol. The first-order chi connectivity index (χ1) is 16.4. The third kappa shape index (κ3) is 5.55. The lowest BCUT2D eigenvalue weighted by atomic mass is 9.97. The SMILES string of the molecule is CCCCC(CC)C(=O)N(CCOC)C(C)c1nc2ccccc2c(=O)n1-c1ccc(C)cc1. The number of rotatable bonds is 11. The summed E-state index contributed by atoms with van der Waals surface area (Å²) in [5, 5.41) is 0.558. The number of hydrogen-bond acceptors (Lipinski definition) is 4. The molecule has 0 fully saturated rings. The average molecular weight is 464 g/mol. The summed E-state index contributed by atoms with van der Waals surface area (Å²) in [5.41, 5.74) is 2.36. The van der Waals surface area contributed by atoms with E-state index in [4.69, 9.17) is 9.72 Å². The molecule has 0 aliphatic heterocycles. The lowest BCUT2D eigenvalue weighted by Crippen LogP contribution is -2.42. The first-order valence-electron chi connectivity index (χ1n) is 12.3. The van der Waals surface area contributed by atoms with Crippen molar-refractivity contribution >= 4 is 16.8 Å². The molecule has 0 saturated carbocycles. The number of amides is 1. The molecule has 0 saturated heterocycles. The second-order valence-electron chi connectivity index (χ2n) is 8.91. The van der Waals surface area contributed by atoms with E-state index in [0.717, 1.165) is 36.9 Å². The van der Waals surface area contributed by atoms with Gasteiger partial charge >= 0.3 is 0 Å². The van der Waals surface area contributed by atoms with Crippen LogP contribution >= 0.6 is 0 Å². The van der Waals surface area contributed by atoms with E-state index in [2.05, 4.69) is 13.8 Å². The Morgan fingerprint density at radius 3 is 2.47 bits per heavy atom. The maximum absolute atomic E-state index is 13.7. The molecule has 1 aromatic heterocycles. The van der Waals surface area contributed by atoms with Crippen molar-refractivity contribution in [2.75, 3.05) is 20.3 Å². The van der Waals surface area contributed by atoms with Crippen molar-refractivity contribution in [3.05, 3.63) is 70.3 Å². The van der Waals surface area contributed by atoms with Gasteiger partial charge in [-0.15, -0.1) is 0 Å². The first-order valence-corrected chi connectivity index (χ1v) is 12.3. The van der Waals surface area contributed by atoms with Crippen molar-refractivity contribution in [2.45, 2.75) is 59.4 Å². The highest BCUT2D eigenvalue weighted by atomic mass is 16.5. The lowest BCUT2D eigenvalue weighted by Gasteiger charge is -2.33. The van der Waals surface area contributed by atoms with Gasteiger partial charge in [0.05, 0.1) is 29.2 Å². The molecule has 2 unspecified atom stereocenters. The fourth-order valence-corrected chi connectivity index (χ4v) is 4.38. The second kappa shape index (κ2) is 11.9. The predicted octanol–water partition coefficient (Wildman–Crippen LogP) is 5.45. The van der Waals surface area contributed by atoms with Crippen molar-refractivity contribution in [3.8, 4) is 5.69 Å². The quantitative estimate of drug-likeness (QED) is 0.379. The van der Waals surface area contributed by atoms with Crippen molar-refractivity contribution in [3.63, 3.8) is 0 Å². The van der Waals surface area contributed by atoms with Gasteiger partial charge in [0.1, 0.15) is 5.82 Å². The van der Waals surface area contributed by atoms with Gasteiger partial charge < -0.3 is 9.64 Å². The second-order valence-corrected chi connectivity index (χ2v) is 8.91. The Morgan fingerprint density at radius 2 is 1.82 bits per heavy atom. The van der Waals surface area contributed by atoms with Gasteiger partial charge in [-0.1, -0.05) is 56.5 Å². The van der Waals surface area contributed by atoms with E-state index in [-0.39, 0.29) is 17.4 Å². The molecule has 182 valence electrons. The number of carbonyl (C=O) groups excluding carboxylic acids is 1. The van der Waals surface area contributed by atoms with E-state index in [1.165, 1.54) is 0 Å². The Labute approximate surface area is 202 Å². The van der Waals surface area contributed by atoms with Crippen molar-refractivity contribution in [1.29, 1.82) is 0 Å². The standard InChI is InChI=1S/C28H37N3O3/c1-6-8-11-22(7-2)27(32)30(18-19-34-5)21(4)26-29-25-13-10-9-12-24(25)28(33)31(26)23-16-14-20(3)15-17-23/h9-10,12-17,21-22H,6-8,11,18-19H2,1-5H3. The molecule has 0 N–H and O–H groups in total. The van der Waals surface area contributed by atoms with Gasteiger partial charge in [0, 0.05) is 19.6 Å². The van der Waals surface area contributed by atoms with E-state index >= 15 is 0 Å². The number of aryl methyl sites for hydroxylation is 1. The van der Waals surface area contributed by atoms with Gasteiger partial charge in [0.25, 0.3) is 5.56 Å². The topological polar surface area (TPSA) is 64.4 Å². The molecule has 0 spiro atoms. The highest BCUT2D eigenvalue weighted by Gasteiger charge is 2.30. The molecule has 6 heteroatoms. The molecule has 0 aliphatic rings. The van der Waals surface area contributed by atoms with Gasteiger partial charge in [-0.05, 0) is 51.0 Å². The number of benzene rings is 2. The number of fused-ring (bicyclic) bond motifs is 1. The average Bonchev–Trinajstić information content (AvgIpc) is 2.85. The van der Waals surface area contributed by atoms with Crippen LogP contribution in [0.3, 0.4) is 0 Å². The number of aromatic nitrogens is 2. The van der Waals surface area contributed by atoms with Gasteiger partial charge in [-0.25, -0.2) is 4.98 Å². The maximum Gasteiger partial charge on any atom is 0.266 e. The number of hydrogen-bond donors (Lipinski definition) is 0. The Bertz CT molecular complexity index is 1150. The highest BCUT2D eigenvalue weighted by molar-refractivity contribution is 5.80. The molecule has 0 aliphatic carbocycles.